The maximum Gasteiger partial charge on any atom is 0.296 e. The van der Waals surface area contributed by atoms with Crippen LogP contribution in [0.25, 0.3) is 21.8 Å². The summed E-state index contributed by atoms with van der Waals surface area (Å²) in [7, 11) is -2.56. The third-order valence-corrected chi connectivity index (χ3v) is 7.56. The molecule has 3 N–H and O–H groups in total. The first-order chi connectivity index (χ1) is 15.5. The zero-order valence-electron chi connectivity index (χ0n) is 18.8. The number of aromatic nitrogens is 5. The molecule has 0 bridgehead atoms. The van der Waals surface area contributed by atoms with E-state index >= 15 is 4.39 Å². The van der Waals surface area contributed by atoms with Crippen molar-refractivity contribution in [2.45, 2.75) is 31.3 Å². The van der Waals surface area contributed by atoms with Gasteiger partial charge in [-0.1, -0.05) is 26.8 Å². The first kappa shape index (κ1) is 25.5. The lowest BCUT2D eigenvalue weighted by Crippen LogP contribution is -2.18. The van der Waals surface area contributed by atoms with Crippen LogP contribution in [0.2, 0.25) is 0 Å². The SMILES string of the molecule is Cl.Cn1ccnc1S(=O)(=O)Nc1cccc(-c2nc(C(C)(C)C)sc2-c2ccnc(N)n2)c1F. The van der Waals surface area contributed by atoms with E-state index in [1.807, 2.05) is 20.8 Å². The number of imidazole rings is 1. The topological polar surface area (TPSA) is 129 Å². The first-order valence-corrected chi connectivity index (χ1v) is 12.2. The Morgan fingerprint density at radius 1 is 1.12 bits per heavy atom. The molecule has 0 fully saturated rings. The Morgan fingerprint density at radius 2 is 1.85 bits per heavy atom. The number of thiazole rings is 1. The number of halogens is 2. The van der Waals surface area contributed by atoms with Gasteiger partial charge < -0.3 is 10.3 Å². The van der Waals surface area contributed by atoms with Crippen molar-refractivity contribution in [1.29, 1.82) is 0 Å². The van der Waals surface area contributed by atoms with Crippen molar-refractivity contribution in [3.63, 3.8) is 0 Å². The average Bonchev–Trinajstić information content (AvgIpc) is 3.36. The number of nitrogen functional groups attached to an aromatic ring is 1. The maximum atomic E-state index is 15.7. The number of rotatable bonds is 5. The summed E-state index contributed by atoms with van der Waals surface area (Å²) in [5.41, 5.74) is 6.23. The third-order valence-electron chi connectivity index (χ3n) is 4.69. The lowest BCUT2D eigenvalue weighted by Gasteiger charge is -2.13. The predicted molar refractivity (Wildman–Crippen MR) is 133 cm³/mol. The van der Waals surface area contributed by atoms with Gasteiger partial charge in [0.15, 0.2) is 5.82 Å². The summed E-state index contributed by atoms with van der Waals surface area (Å²) in [4.78, 5) is 17.3. The average molecular weight is 524 g/mol. The molecule has 3 heterocycles. The second-order valence-electron chi connectivity index (χ2n) is 8.34. The van der Waals surface area contributed by atoms with Crippen molar-refractivity contribution < 1.29 is 12.8 Å². The van der Waals surface area contributed by atoms with Gasteiger partial charge in [-0.15, -0.1) is 23.7 Å². The number of nitrogens with two attached hydrogens (primary N) is 1. The highest BCUT2D eigenvalue weighted by atomic mass is 35.5. The van der Waals surface area contributed by atoms with Crippen LogP contribution in [-0.2, 0) is 22.5 Å². The van der Waals surface area contributed by atoms with E-state index in [1.165, 1.54) is 47.6 Å². The van der Waals surface area contributed by atoms with Crippen LogP contribution in [0.15, 0.2) is 48.0 Å². The quantitative estimate of drug-likeness (QED) is 0.400. The summed E-state index contributed by atoms with van der Waals surface area (Å²) in [6.07, 6.45) is 4.36. The monoisotopic (exact) mass is 523 g/mol. The fraction of sp³-hybridized carbons (Fsp3) is 0.238. The normalized spacial score (nSPS) is 11.8. The Balaban J connectivity index is 0.00000324. The minimum Gasteiger partial charge on any atom is -0.368 e. The molecule has 13 heteroatoms. The van der Waals surface area contributed by atoms with Gasteiger partial charge in [-0.2, -0.15) is 8.42 Å². The van der Waals surface area contributed by atoms with E-state index in [0.717, 1.165) is 5.01 Å². The molecule has 0 saturated heterocycles. The standard InChI is InChI=1S/C21H22FN7O2S2.ClH/c1-21(2,3)18-27-16(17(32-18)14-8-9-24-19(23)26-14)12-6-5-7-13(15(12)22)28-33(30,31)20-25-10-11-29(20)4;/h5-11,28H,1-4H3,(H2,23,24,26);1H. The van der Waals surface area contributed by atoms with Gasteiger partial charge in [0.2, 0.25) is 11.1 Å². The molecule has 180 valence electrons. The molecular weight excluding hydrogens is 501 g/mol. The summed E-state index contributed by atoms with van der Waals surface area (Å²) in [6.45, 7) is 6.00. The number of nitrogens with one attached hydrogen (secondary N) is 1. The molecular formula is C21H23ClFN7O2S2. The van der Waals surface area contributed by atoms with E-state index in [-0.39, 0.29) is 40.2 Å². The van der Waals surface area contributed by atoms with Gasteiger partial charge >= 0.3 is 0 Å². The molecule has 0 unspecified atom stereocenters. The fourth-order valence-corrected chi connectivity index (χ4v) is 5.38. The Kier molecular flexibility index (Phi) is 6.97. The van der Waals surface area contributed by atoms with Gasteiger partial charge in [-0.25, -0.2) is 24.3 Å². The van der Waals surface area contributed by atoms with Gasteiger partial charge in [0.1, 0.15) is 0 Å². The molecule has 9 nitrogen and oxygen atoms in total. The van der Waals surface area contributed by atoms with Crippen LogP contribution in [0, 0.1) is 5.82 Å². The van der Waals surface area contributed by atoms with Crippen LogP contribution in [0.5, 0.6) is 0 Å². The van der Waals surface area contributed by atoms with Crippen LogP contribution in [0.4, 0.5) is 16.0 Å². The van der Waals surface area contributed by atoms with Crippen molar-refractivity contribution in [2.24, 2.45) is 7.05 Å². The molecule has 1 aromatic carbocycles. The van der Waals surface area contributed by atoms with Crippen LogP contribution in [0.1, 0.15) is 25.8 Å². The van der Waals surface area contributed by atoms with E-state index in [0.29, 0.717) is 16.3 Å². The van der Waals surface area contributed by atoms with Crippen molar-refractivity contribution in [2.75, 3.05) is 10.5 Å². The lowest BCUT2D eigenvalue weighted by molar-refractivity contribution is 0.582. The molecule has 4 rings (SSSR count). The highest BCUT2D eigenvalue weighted by molar-refractivity contribution is 7.92. The molecule has 0 atom stereocenters. The zero-order chi connectivity index (χ0) is 24.0. The Bertz CT molecular complexity index is 1450. The predicted octanol–water partition coefficient (Wildman–Crippen LogP) is 4.24. The summed E-state index contributed by atoms with van der Waals surface area (Å²) in [5, 5.41) is 0.538. The lowest BCUT2D eigenvalue weighted by atomic mass is 9.98. The number of aryl methyl sites for hydroxylation is 1. The van der Waals surface area contributed by atoms with Crippen molar-refractivity contribution in [3.8, 4) is 21.8 Å². The number of sulfonamides is 1. The molecule has 0 radical (unpaired) electrons. The fourth-order valence-electron chi connectivity index (χ4n) is 3.09. The van der Waals surface area contributed by atoms with Crippen LogP contribution >= 0.6 is 23.7 Å². The summed E-state index contributed by atoms with van der Waals surface area (Å²) >= 11 is 1.38. The second kappa shape index (κ2) is 9.28. The zero-order valence-corrected chi connectivity index (χ0v) is 21.2. The van der Waals surface area contributed by atoms with E-state index in [4.69, 9.17) is 10.7 Å². The van der Waals surface area contributed by atoms with E-state index < -0.39 is 15.8 Å². The van der Waals surface area contributed by atoms with Crippen LogP contribution in [0.3, 0.4) is 0 Å². The summed E-state index contributed by atoms with van der Waals surface area (Å²) in [6, 6.07) is 6.12. The molecule has 0 aliphatic carbocycles. The molecule has 0 aliphatic rings. The largest absolute Gasteiger partial charge is 0.368 e. The second-order valence-corrected chi connectivity index (χ2v) is 10.9. The van der Waals surface area contributed by atoms with Gasteiger partial charge in [0, 0.05) is 36.6 Å². The van der Waals surface area contributed by atoms with Crippen molar-refractivity contribution >= 4 is 45.4 Å². The molecule has 34 heavy (non-hydrogen) atoms. The van der Waals surface area contributed by atoms with Gasteiger partial charge in [-0.05, 0) is 18.2 Å². The molecule has 0 spiro atoms. The number of hydrogen-bond acceptors (Lipinski definition) is 8. The van der Waals surface area contributed by atoms with E-state index in [1.54, 1.807) is 18.2 Å². The van der Waals surface area contributed by atoms with E-state index in [2.05, 4.69) is 19.7 Å². The van der Waals surface area contributed by atoms with Crippen molar-refractivity contribution in [3.05, 3.63) is 53.7 Å². The number of hydrogen-bond donors (Lipinski definition) is 2. The molecule has 0 saturated carbocycles. The summed E-state index contributed by atoms with van der Waals surface area (Å²) in [5.74, 6) is -0.675. The minimum atomic E-state index is -4.10. The Hall–Kier alpha value is -3.09. The highest BCUT2D eigenvalue weighted by Gasteiger charge is 2.27. The van der Waals surface area contributed by atoms with Gasteiger partial charge in [0.05, 0.1) is 27.0 Å². The first-order valence-electron chi connectivity index (χ1n) is 9.86. The molecule has 4 aromatic rings. The van der Waals surface area contributed by atoms with Gasteiger partial charge in [0.25, 0.3) is 10.0 Å². The van der Waals surface area contributed by atoms with E-state index in [9.17, 15) is 8.42 Å². The smallest absolute Gasteiger partial charge is 0.296 e. The van der Waals surface area contributed by atoms with Crippen molar-refractivity contribution in [1.82, 2.24) is 24.5 Å². The summed E-state index contributed by atoms with van der Waals surface area (Å²) < 4.78 is 44.8. The Morgan fingerprint density at radius 3 is 2.47 bits per heavy atom. The maximum absolute atomic E-state index is 15.7. The highest BCUT2D eigenvalue weighted by Crippen LogP contribution is 2.41. The number of anilines is 2. The third kappa shape index (κ3) is 4.88. The van der Waals surface area contributed by atoms with Crippen LogP contribution in [-0.4, -0.2) is 32.9 Å². The number of benzene rings is 1. The molecule has 3 aromatic heterocycles. The number of nitrogens with zero attached hydrogens (tertiary/aromatic N) is 5. The minimum absolute atomic E-state index is 0. The molecule has 0 aliphatic heterocycles. The van der Waals surface area contributed by atoms with Crippen LogP contribution < -0.4 is 10.5 Å². The Labute approximate surface area is 206 Å². The molecule has 0 amide bonds. The van der Waals surface area contributed by atoms with Gasteiger partial charge in [-0.3, -0.25) is 4.72 Å².